The minimum atomic E-state index is -3.88. The van der Waals surface area contributed by atoms with Crippen LogP contribution < -0.4 is 5.32 Å². The van der Waals surface area contributed by atoms with Crippen molar-refractivity contribution in [2.24, 2.45) is 0 Å². The smallest absolute Gasteiger partial charge is 0.261 e. The van der Waals surface area contributed by atoms with Gasteiger partial charge in [-0.3, -0.25) is 9.78 Å². The molecule has 2 rings (SSSR count). The van der Waals surface area contributed by atoms with E-state index in [9.17, 15) is 13.2 Å². The fourth-order valence-corrected chi connectivity index (χ4v) is 2.77. The fraction of sp³-hybridized carbons (Fsp3) is 0. The van der Waals surface area contributed by atoms with Crippen LogP contribution in [0.4, 0.5) is 5.69 Å². The molecule has 0 fully saturated rings. The molecule has 0 aliphatic rings. The first kappa shape index (κ1) is 16.0. The number of nitrogens with zero attached hydrogens (tertiary/aromatic N) is 1. The quantitative estimate of drug-likeness (QED) is 0.844. The third-order valence-corrected chi connectivity index (χ3v) is 4.45. The van der Waals surface area contributed by atoms with Gasteiger partial charge in [0.2, 0.25) is 0 Å². The summed E-state index contributed by atoms with van der Waals surface area (Å²) >= 11 is 11.8. The fourth-order valence-electron chi connectivity index (χ4n) is 1.50. The van der Waals surface area contributed by atoms with Crippen LogP contribution in [0.5, 0.6) is 0 Å². The van der Waals surface area contributed by atoms with Crippen LogP contribution in [0.1, 0.15) is 10.4 Å². The SMILES string of the molecule is O=C(Nc1ccc(S(=O)(=O)Cl)cc1Cl)c1ccncc1Cl. The highest BCUT2D eigenvalue weighted by Gasteiger charge is 2.15. The first-order valence-corrected chi connectivity index (χ1v) is 8.50. The predicted molar refractivity (Wildman–Crippen MR) is 81.7 cm³/mol. The van der Waals surface area contributed by atoms with E-state index in [-0.39, 0.29) is 26.2 Å². The van der Waals surface area contributed by atoms with Crippen LogP contribution in [0, 0.1) is 0 Å². The Bertz CT molecular complexity index is 809. The molecular weight excluding hydrogens is 359 g/mol. The largest absolute Gasteiger partial charge is 0.321 e. The summed E-state index contributed by atoms with van der Waals surface area (Å²) in [7, 11) is 1.32. The lowest BCUT2D eigenvalue weighted by Gasteiger charge is -2.09. The minimum Gasteiger partial charge on any atom is -0.321 e. The lowest BCUT2D eigenvalue weighted by atomic mass is 10.2. The molecular formula is C12H7Cl3N2O3S. The highest BCUT2D eigenvalue weighted by atomic mass is 35.7. The number of anilines is 1. The molecule has 0 saturated carbocycles. The molecule has 110 valence electrons. The number of benzene rings is 1. The maximum absolute atomic E-state index is 12.0. The highest BCUT2D eigenvalue weighted by Crippen LogP contribution is 2.27. The van der Waals surface area contributed by atoms with E-state index in [1.54, 1.807) is 0 Å². The number of nitrogens with one attached hydrogen (secondary N) is 1. The first-order valence-electron chi connectivity index (χ1n) is 5.44. The summed E-state index contributed by atoms with van der Waals surface area (Å²) in [6.07, 6.45) is 2.76. The molecule has 0 aliphatic heterocycles. The molecule has 0 aliphatic carbocycles. The summed E-state index contributed by atoms with van der Waals surface area (Å²) in [4.78, 5) is 15.7. The van der Waals surface area contributed by atoms with Crippen LogP contribution in [0.3, 0.4) is 0 Å². The Morgan fingerprint density at radius 1 is 1.14 bits per heavy atom. The molecule has 2 aromatic rings. The Kier molecular flexibility index (Phi) is 4.73. The van der Waals surface area contributed by atoms with E-state index < -0.39 is 15.0 Å². The summed E-state index contributed by atoms with van der Waals surface area (Å²) in [6, 6.07) is 5.17. The van der Waals surface area contributed by atoms with Gasteiger partial charge in [-0.05, 0) is 24.3 Å². The Balaban J connectivity index is 2.29. The van der Waals surface area contributed by atoms with Gasteiger partial charge in [-0.15, -0.1) is 0 Å². The van der Waals surface area contributed by atoms with Crippen molar-refractivity contribution in [2.45, 2.75) is 4.90 Å². The number of pyridine rings is 1. The minimum absolute atomic E-state index is 0.0373. The number of carbonyl (C=O) groups is 1. The molecule has 0 spiro atoms. The lowest BCUT2D eigenvalue weighted by Crippen LogP contribution is -2.13. The van der Waals surface area contributed by atoms with E-state index in [2.05, 4.69) is 10.3 Å². The maximum atomic E-state index is 12.0. The van der Waals surface area contributed by atoms with Crippen molar-refractivity contribution in [2.75, 3.05) is 5.32 Å². The second kappa shape index (κ2) is 6.19. The molecule has 1 aromatic carbocycles. The highest BCUT2D eigenvalue weighted by molar-refractivity contribution is 8.13. The van der Waals surface area contributed by atoms with E-state index >= 15 is 0 Å². The number of halogens is 3. The second-order valence-corrected chi connectivity index (χ2v) is 7.27. The molecule has 1 heterocycles. The van der Waals surface area contributed by atoms with Gasteiger partial charge in [0.15, 0.2) is 0 Å². The van der Waals surface area contributed by atoms with Crippen molar-refractivity contribution in [3.8, 4) is 0 Å². The van der Waals surface area contributed by atoms with Gasteiger partial charge < -0.3 is 5.32 Å². The van der Waals surface area contributed by atoms with E-state index in [1.807, 2.05) is 0 Å². The number of carbonyl (C=O) groups excluding carboxylic acids is 1. The Labute approximate surface area is 135 Å². The van der Waals surface area contributed by atoms with Gasteiger partial charge in [-0.2, -0.15) is 0 Å². The van der Waals surface area contributed by atoms with Crippen molar-refractivity contribution in [1.82, 2.24) is 4.98 Å². The third-order valence-electron chi connectivity index (χ3n) is 2.49. The molecule has 0 radical (unpaired) electrons. The van der Waals surface area contributed by atoms with E-state index in [4.69, 9.17) is 33.9 Å². The topological polar surface area (TPSA) is 76.1 Å². The Morgan fingerprint density at radius 3 is 2.43 bits per heavy atom. The van der Waals surface area contributed by atoms with Crippen molar-refractivity contribution >= 4 is 54.5 Å². The van der Waals surface area contributed by atoms with E-state index in [0.29, 0.717) is 0 Å². The van der Waals surface area contributed by atoms with Crippen LogP contribution in [0.25, 0.3) is 0 Å². The van der Waals surface area contributed by atoms with E-state index in [1.165, 1.54) is 30.6 Å². The lowest BCUT2D eigenvalue weighted by molar-refractivity contribution is 0.102. The summed E-state index contributed by atoms with van der Waals surface area (Å²) in [5.74, 6) is -0.495. The average Bonchev–Trinajstić information content (AvgIpc) is 2.40. The number of rotatable bonds is 3. The van der Waals surface area contributed by atoms with Gasteiger partial charge in [0.05, 0.1) is 26.2 Å². The summed E-state index contributed by atoms with van der Waals surface area (Å²) in [6.45, 7) is 0. The van der Waals surface area contributed by atoms with Gasteiger partial charge in [-0.25, -0.2) is 8.42 Å². The van der Waals surface area contributed by atoms with Crippen LogP contribution in [0.15, 0.2) is 41.6 Å². The average molecular weight is 366 g/mol. The van der Waals surface area contributed by atoms with E-state index in [0.717, 1.165) is 6.07 Å². The number of aromatic nitrogens is 1. The van der Waals surface area contributed by atoms with Crippen LogP contribution in [-0.4, -0.2) is 19.3 Å². The molecule has 5 nitrogen and oxygen atoms in total. The van der Waals surface area contributed by atoms with Crippen LogP contribution in [-0.2, 0) is 9.05 Å². The predicted octanol–water partition coefficient (Wildman–Crippen LogP) is 3.57. The first-order chi connectivity index (χ1) is 9.79. The second-order valence-electron chi connectivity index (χ2n) is 3.89. The van der Waals surface area contributed by atoms with Crippen LogP contribution >= 0.6 is 33.9 Å². The normalized spacial score (nSPS) is 11.2. The van der Waals surface area contributed by atoms with Crippen molar-refractivity contribution in [3.05, 3.63) is 52.3 Å². The third kappa shape index (κ3) is 3.85. The summed E-state index contributed by atoms with van der Waals surface area (Å²) in [5, 5.41) is 2.75. The van der Waals surface area contributed by atoms with Crippen molar-refractivity contribution in [1.29, 1.82) is 0 Å². The Hall–Kier alpha value is -1.34. The molecule has 1 aromatic heterocycles. The molecule has 21 heavy (non-hydrogen) atoms. The van der Waals surface area contributed by atoms with Gasteiger partial charge in [0.1, 0.15) is 0 Å². The van der Waals surface area contributed by atoms with Gasteiger partial charge in [0, 0.05) is 23.1 Å². The Morgan fingerprint density at radius 2 is 1.86 bits per heavy atom. The molecule has 0 unspecified atom stereocenters. The number of hydrogen-bond acceptors (Lipinski definition) is 4. The standard InChI is InChI=1S/C12H7Cl3N2O3S/c13-9-5-7(21(15,19)20)1-2-11(9)17-12(18)8-3-4-16-6-10(8)14/h1-6H,(H,17,18). The zero-order chi connectivity index (χ0) is 15.6. The van der Waals surface area contributed by atoms with Gasteiger partial charge in [0.25, 0.3) is 15.0 Å². The maximum Gasteiger partial charge on any atom is 0.261 e. The summed E-state index contributed by atoms with van der Waals surface area (Å²) < 4.78 is 22.4. The van der Waals surface area contributed by atoms with Crippen molar-refractivity contribution in [3.63, 3.8) is 0 Å². The van der Waals surface area contributed by atoms with Gasteiger partial charge >= 0.3 is 0 Å². The number of hydrogen-bond donors (Lipinski definition) is 1. The molecule has 9 heteroatoms. The summed E-state index contributed by atoms with van der Waals surface area (Å²) in [5.41, 5.74) is 0.454. The molecule has 1 N–H and O–H groups in total. The molecule has 0 bridgehead atoms. The zero-order valence-electron chi connectivity index (χ0n) is 10.2. The zero-order valence-corrected chi connectivity index (χ0v) is 13.3. The monoisotopic (exact) mass is 364 g/mol. The van der Waals surface area contributed by atoms with Crippen molar-refractivity contribution < 1.29 is 13.2 Å². The van der Waals surface area contributed by atoms with Crippen LogP contribution in [0.2, 0.25) is 10.0 Å². The molecule has 0 atom stereocenters. The van der Waals surface area contributed by atoms with Gasteiger partial charge in [-0.1, -0.05) is 23.2 Å². The number of amides is 1. The molecule has 0 saturated heterocycles. The molecule has 1 amide bonds.